The van der Waals surface area contributed by atoms with Crippen LogP contribution in [0.3, 0.4) is 0 Å². The van der Waals surface area contributed by atoms with Gasteiger partial charge in [0.15, 0.2) is 6.61 Å². The maximum Gasteiger partial charge on any atom is 0.342 e. The lowest BCUT2D eigenvalue weighted by Gasteiger charge is -2.08. The van der Waals surface area contributed by atoms with E-state index in [0.29, 0.717) is 24.4 Å². The number of aromatic nitrogens is 2. The summed E-state index contributed by atoms with van der Waals surface area (Å²) in [4.78, 5) is 23.5. The van der Waals surface area contributed by atoms with Crippen molar-refractivity contribution >= 4 is 11.9 Å². The molecule has 0 atom stereocenters. The van der Waals surface area contributed by atoms with E-state index in [4.69, 9.17) is 9.47 Å². The van der Waals surface area contributed by atoms with Crippen LogP contribution < -0.4 is 10.1 Å². The van der Waals surface area contributed by atoms with Gasteiger partial charge in [-0.15, -0.1) is 0 Å². The summed E-state index contributed by atoms with van der Waals surface area (Å²) in [6.45, 7) is 4.07. The van der Waals surface area contributed by atoms with Crippen LogP contribution in [-0.2, 0) is 16.6 Å². The number of hydrogen-bond acceptors (Lipinski definition) is 5. The molecule has 0 fully saturated rings. The molecule has 1 aromatic heterocycles. The maximum atomic E-state index is 11.8. The molecule has 0 unspecified atom stereocenters. The smallest absolute Gasteiger partial charge is 0.342 e. The molecule has 0 aliphatic rings. The first kappa shape index (κ1) is 17.5. The number of amides is 1. The number of rotatable bonds is 7. The second-order valence-corrected chi connectivity index (χ2v) is 5.36. The van der Waals surface area contributed by atoms with Crippen LogP contribution in [0.2, 0.25) is 0 Å². The fraction of sp³-hybridized carbons (Fsp3) is 0.353. The molecule has 0 saturated carbocycles. The number of hydrogen-bond donors (Lipinski definition) is 1. The number of ether oxygens (including phenoxy) is 2. The minimum atomic E-state index is -0.563. The molecule has 7 heteroatoms. The van der Waals surface area contributed by atoms with Gasteiger partial charge in [0.05, 0.1) is 12.7 Å². The SMILES string of the molecule is Cc1cccc(OCCNC(=O)COC(=O)c2cnn(C)c2C)c1. The predicted octanol–water partition coefficient (Wildman–Crippen LogP) is 1.39. The summed E-state index contributed by atoms with van der Waals surface area (Å²) in [5.41, 5.74) is 2.15. The largest absolute Gasteiger partial charge is 0.492 e. The summed E-state index contributed by atoms with van der Waals surface area (Å²) in [6, 6.07) is 7.66. The average molecular weight is 331 g/mol. The highest BCUT2D eigenvalue weighted by Gasteiger charge is 2.15. The van der Waals surface area contributed by atoms with E-state index < -0.39 is 5.97 Å². The lowest BCUT2D eigenvalue weighted by molar-refractivity contribution is -0.124. The zero-order valence-corrected chi connectivity index (χ0v) is 14.0. The van der Waals surface area contributed by atoms with Gasteiger partial charge in [-0.1, -0.05) is 12.1 Å². The first-order valence-electron chi connectivity index (χ1n) is 7.59. The van der Waals surface area contributed by atoms with Crippen LogP contribution in [0.15, 0.2) is 30.5 Å². The molecule has 0 spiro atoms. The second-order valence-electron chi connectivity index (χ2n) is 5.36. The molecule has 1 aromatic carbocycles. The van der Waals surface area contributed by atoms with Gasteiger partial charge in [0.25, 0.3) is 5.91 Å². The van der Waals surface area contributed by atoms with Crippen molar-refractivity contribution in [3.63, 3.8) is 0 Å². The molecular formula is C17H21N3O4. The summed E-state index contributed by atoms with van der Waals surface area (Å²) in [5, 5.41) is 6.59. The summed E-state index contributed by atoms with van der Waals surface area (Å²) in [6.07, 6.45) is 1.42. The molecule has 1 N–H and O–H groups in total. The van der Waals surface area contributed by atoms with E-state index in [1.54, 1.807) is 18.7 Å². The Hall–Kier alpha value is -2.83. The Balaban J connectivity index is 1.66. The predicted molar refractivity (Wildman–Crippen MR) is 87.9 cm³/mol. The van der Waals surface area contributed by atoms with Crippen LogP contribution in [0, 0.1) is 13.8 Å². The summed E-state index contributed by atoms with van der Waals surface area (Å²) < 4.78 is 12.1. The standard InChI is InChI=1S/C17H21N3O4/c1-12-5-4-6-14(9-12)23-8-7-18-16(21)11-24-17(22)15-10-19-20(3)13(15)2/h4-6,9-10H,7-8,11H2,1-3H3,(H,18,21). The molecule has 7 nitrogen and oxygen atoms in total. The highest BCUT2D eigenvalue weighted by atomic mass is 16.5. The van der Waals surface area contributed by atoms with Gasteiger partial charge >= 0.3 is 5.97 Å². The molecule has 2 aromatic rings. The maximum absolute atomic E-state index is 11.8. The van der Waals surface area contributed by atoms with E-state index in [9.17, 15) is 9.59 Å². The molecule has 24 heavy (non-hydrogen) atoms. The normalized spacial score (nSPS) is 10.3. The zero-order valence-electron chi connectivity index (χ0n) is 14.0. The summed E-state index contributed by atoms with van der Waals surface area (Å²) in [5.74, 6) is -0.188. The van der Waals surface area contributed by atoms with Crippen LogP contribution in [0.1, 0.15) is 21.6 Å². The number of nitrogens with zero attached hydrogens (tertiary/aromatic N) is 2. The van der Waals surface area contributed by atoms with Gasteiger partial charge in [-0.25, -0.2) is 4.79 Å². The van der Waals surface area contributed by atoms with Gasteiger partial charge in [0, 0.05) is 12.7 Å². The van der Waals surface area contributed by atoms with Crippen molar-refractivity contribution in [2.75, 3.05) is 19.8 Å². The van der Waals surface area contributed by atoms with E-state index in [0.717, 1.165) is 11.3 Å². The Bertz CT molecular complexity index is 724. The van der Waals surface area contributed by atoms with Gasteiger partial charge in [0.1, 0.15) is 17.9 Å². The van der Waals surface area contributed by atoms with Gasteiger partial charge in [-0.2, -0.15) is 5.10 Å². The first-order valence-corrected chi connectivity index (χ1v) is 7.59. The molecule has 0 aliphatic heterocycles. The van der Waals surface area contributed by atoms with Crippen LogP contribution in [0.25, 0.3) is 0 Å². The Morgan fingerprint density at radius 3 is 2.75 bits per heavy atom. The van der Waals surface area contributed by atoms with Gasteiger partial charge in [-0.3, -0.25) is 9.48 Å². The third kappa shape index (κ3) is 4.84. The number of carbonyl (C=O) groups is 2. The Morgan fingerprint density at radius 2 is 2.08 bits per heavy atom. The molecule has 0 radical (unpaired) electrons. The number of benzene rings is 1. The zero-order chi connectivity index (χ0) is 17.5. The quantitative estimate of drug-likeness (QED) is 0.612. The van der Waals surface area contributed by atoms with Gasteiger partial charge < -0.3 is 14.8 Å². The lowest BCUT2D eigenvalue weighted by Crippen LogP contribution is -2.32. The number of aryl methyl sites for hydroxylation is 2. The van der Waals surface area contributed by atoms with Crippen LogP contribution in [0.5, 0.6) is 5.75 Å². The van der Waals surface area contributed by atoms with Crippen LogP contribution in [0.4, 0.5) is 0 Å². The van der Waals surface area contributed by atoms with E-state index in [1.165, 1.54) is 6.20 Å². The molecular weight excluding hydrogens is 310 g/mol. The molecule has 0 aliphatic carbocycles. The van der Waals surface area contributed by atoms with E-state index in [1.807, 2.05) is 31.2 Å². The third-order valence-corrected chi connectivity index (χ3v) is 3.47. The molecule has 128 valence electrons. The van der Waals surface area contributed by atoms with E-state index >= 15 is 0 Å². The molecule has 1 amide bonds. The molecule has 2 rings (SSSR count). The van der Waals surface area contributed by atoms with Crippen molar-refractivity contribution in [3.05, 3.63) is 47.3 Å². The number of esters is 1. The van der Waals surface area contributed by atoms with Crippen LogP contribution in [-0.4, -0.2) is 41.4 Å². The molecule has 0 bridgehead atoms. The van der Waals surface area contributed by atoms with Gasteiger partial charge in [0.2, 0.25) is 0 Å². The monoisotopic (exact) mass is 331 g/mol. The first-order chi connectivity index (χ1) is 11.5. The van der Waals surface area contributed by atoms with Crippen molar-refractivity contribution in [2.24, 2.45) is 7.05 Å². The third-order valence-electron chi connectivity index (χ3n) is 3.47. The minimum Gasteiger partial charge on any atom is -0.492 e. The fourth-order valence-electron chi connectivity index (χ4n) is 2.02. The number of nitrogens with one attached hydrogen (secondary N) is 1. The van der Waals surface area contributed by atoms with Crippen molar-refractivity contribution in [2.45, 2.75) is 13.8 Å². The van der Waals surface area contributed by atoms with Crippen LogP contribution >= 0.6 is 0 Å². The van der Waals surface area contributed by atoms with Crippen molar-refractivity contribution < 1.29 is 19.1 Å². The van der Waals surface area contributed by atoms with Crippen molar-refractivity contribution in [1.29, 1.82) is 0 Å². The van der Waals surface area contributed by atoms with Crippen molar-refractivity contribution in [3.8, 4) is 5.75 Å². The summed E-state index contributed by atoms with van der Waals surface area (Å²) in [7, 11) is 1.73. The lowest BCUT2D eigenvalue weighted by atomic mass is 10.2. The Kier molecular flexibility index (Phi) is 5.95. The minimum absolute atomic E-state index is 0.330. The Morgan fingerprint density at radius 1 is 1.29 bits per heavy atom. The average Bonchev–Trinajstić information content (AvgIpc) is 2.89. The topological polar surface area (TPSA) is 82.4 Å². The van der Waals surface area contributed by atoms with Crippen molar-refractivity contribution in [1.82, 2.24) is 15.1 Å². The molecule has 1 heterocycles. The highest BCUT2D eigenvalue weighted by molar-refractivity contribution is 5.92. The fourth-order valence-corrected chi connectivity index (χ4v) is 2.02. The van der Waals surface area contributed by atoms with E-state index in [-0.39, 0.29) is 12.5 Å². The molecule has 0 saturated heterocycles. The van der Waals surface area contributed by atoms with Gasteiger partial charge in [-0.05, 0) is 31.5 Å². The Labute approximate surface area is 140 Å². The summed E-state index contributed by atoms with van der Waals surface area (Å²) >= 11 is 0. The highest BCUT2D eigenvalue weighted by Crippen LogP contribution is 2.11. The second kappa shape index (κ2) is 8.14. The van der Waals surface area contributed by atoms with E-state index in [2.05, 4.69) is 10.4 Å². The number of carbonyl (C=O) groups excluding carboxylic acids is 2.